The topological polar surface area (TPSA) is 224 Å². The van der Waals surface area contributed by atoms with Crippen LogP contribution in [-0.4, -0.2) is 73.9 Å². The van der Waals surface area contributed by atoms with Gasteiger partial charge in [-0.3, -0.25) is 8.37 Å². The van der Waals surface area contributed by atoms with Gasteiger partial charge in [-0.25, -0.2) is 35.1 Å². The zero-order chi connectivity index (χ0) is 37.2. The fourth-order valence-corrected chi connectivity index (χ4v) is 5.45. The van der Waals surface area contributed by atoms with Gasteiger partial charge in [0.15, 0.2) is 0 Å². The van der Waals surface area contributed by atoms with E-state index in [0.717, 1.165) is 73.5 Å². The molecule has 0 aliphatic heterocycles. The summed E-state index contributed by atoms with van der Waals surface area (Å²) in [6.45, 7) is 1.69. The van der Waals surface area contributed by atoms with E-state index in [1.54, 1.807) is 0 Å². The average Bonchev–Trinajstić information content (AvgIpc) is 3.58. The molecular formula is C28H40N10O8S4. The van der Waals surface area contributed by atoms with Crippen molar-refractivity contribution in [3.05, 3.63) is 73.3 Å². The van der Waals surface area contributed by atoms with E-state index in [1.807, 2.05) is 141 Å². The Bertz CT molecular complexity index is 1740. The second-order valence-corrected chi connectivity index (χ2v) is 14.7. The second-order valence-electron chi connectivity index (χ2n) is 9.72. The van der Waals surface area contributed by atoms with Crippen molar-refractivity contribution in [2.45, 2.75) is 0 Å². The summed E-state index contributed by atoms with van der Waals surface area (Å²) in [6.07, 6.45) is 7.83. The van der Waals surface area contributed by atoms with Gasteiger partial charge in [-0.2, -0.15) is 0 Å². The highest BCUT2D eigenvalue weighted by atomic mass is 33.1. The zero-order valence-electron chi connectivity index (χ0n) is 28.2. The van der Waals surface area contributed by atoms with Crippen LogP contribution in [0.25, 0.3) is 0 Å². The molecule has 274 valence electrons. The molecule has 0 fully saturated rings. The molecule has 0 unspecified atom stereocenters. The number of imidazole rings is 2. The van der Waals surface area contributed by atoms with Crippen molar-refractivity contribution in [3.8, 4) is 0 Å². The molecule has 2 N–H and O–H groups in total. The highest BCUT2D eigenvalue weighted by Gasteiger charge is 2.12. The Balaban J connectivity index is 0.000000619. The Morgan fingerprint density at radius 1 is 0.680 bits per heavy atom. The molecule has 18 nitrogen and oxygen atoms in total. The van der Waals surface area contributed by atoms with Gasteiger partial charge in [-0.05, 0) is 24.3 Å². The number of anilines is 2. The molecule has 2 heterocycles. The zero-order valence-corrected chi connectivity index (χ0v) is 31.5. The maximum absolute atomic E-state index is 9.22. The van der Waals surface area contributed by atoms with Gasteiger partial charge in [0, 0.05) is 34.8 Å². The van der Waals surface area contributed by atoms with Crippen molar-refractivity contribution >= 4 is 77.0 Å². The largest absolute Gasteiger partial charge is 0.726 e. The lowest BCUT2D eigenvalue weighted by atomic mass is 10.3. The van der Waals surface area contributed by atoms with Crippen LogP contribution in [0.2, 0.25) is 0 Å². The maximum Gasteiger partial charge on any atom is 0.421 e. The number of para-hydroxylation sites is 2. The van der Waals surface area contributed by atoms with E-state index in [9.17, 15) is 25.9 Å². The molecule has 2 aromatic carbocycles. The monoisotopic (exact) mass is 772 g/mol. The van der Waals surface area contributed by atoms with Gasteiger partial charge in [-0.1, -0.05) is 56.1 Å². The number of aryl methyl sites for hydroxylation is 4. The van der Waals surface area contributed by atoms with E-state index in [2.05, 4.69) is 39.5 Å². The standard InChI is InChI=1S/C26H32N10S2.2CH4O4S/c1-33-15-16-34(2)25(33)31-29-23-11-7-5-9-21(23)27-13-19-37-38-20-14-28-22-10-6-8-12-24(22)30-32-26-35(3)17-18-36(26)4;2*1-5-6(2,3)4/h5-12,15-18H,13-14,19-20H2,1-4H3;2*1H3,(H,2,3,4). The molecular weight excluding hydrogens is 733 g/mol. The molecule has 22 heteroatoms. The van der Waals surface area contributed by atoms with Crippen LogP contribution in [-0.2, 0) is 57.4 Å². The third kappa shape index (κ3) is 16.2. The Morgan fingerprint density at radius 3 is 1.32 bits per heavy atom. The normalized spacial score (nSPS) is 11.6. The fourth-order valence-electron chi connectivity index (χ4n) is 3.64. The number of aromatic nitrogens is 4. The lowest BCUT2D eigenvalue weighted by Gasteiger charge is -2.09. The van der Waals surface area contributed by atoms with Crippen LogP contribution in [0.3, 0.4) is 0 Å². The number of nitrogens with one attached hydrogen (secondary N) is 2. The van der Waals surface area contributed by atoms with Crippen molar-refractivity contribution in [1.29, 1.82) is 0 Å². The molecule has 0 amide bonds. The molecule has 2 aromatic heterocycles. The van der Waals surface area contributed by atoms with E-state index in [4.69, 9.17) is 0 Å². The van der Waals surface area contributed by atoms with Crippen LogP contribution < -0.4 is 19.8 Å². The van der Waals surface area contributed by atoms with Crippen molar-refractivity contribution in [2.24, 2.45) is 48.6 Å². The number of hydrogen-bond donors (Lipinski definition) is 2. The van der Waals surface area contributed by atoms with E-state index < -0.39 is 20.8 Å². The SMILES string of the molecule is COS(=O)(=O)[O-].COS(=O)(=O)[O-].Cn1cc[n+](C)c1N=Nc1ccccc1NCCSSCCNc1ccccc1N=Nc1n(C)cc[n+]1C. The van der Waals surface area contributed by atoms with Crippen molar-refractivity contribution in [2.75, 3.05) is 49.4 Å². The first-order chi connectivity index (χ1) is 23.6. The Morgan fingerprint density at radius 2 is 1.02 bits per heavy atom. The molecule has 0 radical (unpaired) electrons. The molecule has 0 aliphatic carbocycles. The number of hydrogen-bond acceptors (Lipinski definition) is 16. The number of azo groups is 2. The first-order valence-corrected chi connectivity index (χ1v) is 19.6. The van der Waals surface area contributed by atoms with Gasteiger partial charge in [-0.15, -0.1) is 0 Å². The summed E-state index contributed by atoms with van der Waals surface area (Å²) in [7, 11) is 4.32. The van der Waals surface area contributed by atoms with Gasteiger partial charge < -0.3 is 19.7 Å². The minimum atomic E-state index is -4.41. The van der Waals surface area contributed by atoms with Crippen LogP contribution in [0, 0.1) is 0 Å². The number of rotatable bonds is 15. The van der Waals surface area contributed by atoms with Crippen molar-refractivity contribution in [1.82, 2.24) is 9.13 Å². The highest BCUT2D eigenvalue weighted by molar-refractivity contribution is 8.76. The fraction of sp³-hybridized carbons (Fsp3) is 0.357. The third-order valence-corrected chi connectivity index (χ3v) is 9.31. The first kappa shape index (κ1) is 42.3. The summed E-state index contributed by atoms with van der Waals surface area (Å²) in [4.78, 5) is 0. The predicted molar refractivity (Wildman–Crippen MR) is 190 cm³/mol. The van der Waals surface area contributed by atoms with E-state index in [-0.39, 0.29) is 0 Å². The number of nitrogens with zero attached hydrogens (tertiary/aromatic N) is 8. The highest BCUT2D eigenvalue weighted by Crippen LogP contribution is 2.28. The second kappa shape index (κ2) is 21.3. The lowest BCUT2D eigenvalue weighted by Crippen LogP contribution is -2.25. The summed E-state index contributed by atoms with van der Waals surface area (Å²) in [5.41, 5.74) is 3.62. The lowest BCUT2D eigenvalue weighted by molar-refractivity contribution is -0.657. The van der Waals surface area contributed by atoms with Crippen LogP contribution in [0.5, 0.6) is 0 Å². The quantitative estimate of drug-likeness (QED) is 0.0438. The van der Waals surface area contributed by atoms with Gasteiger partial charge in [0.25, 0.3) is 0 Å². The molecule has 0 atom stereocenters. The third-order valence-electron chi connectivity index (χ3n) is 6.09. The Kier molecular flexibility index (Phi) is 18.0. The van der Waals surface area contributed by atoms with E-state index in [0.29, 0.717) is 0 Å². The van der Waals surface area contributed by atoms with Crippen LogP contribution in [0.4, 0.5) is 34.6 Å². The summed E-state index contributed by atoms with van der Waals surface area (Å²) >= 11 is 0. The molecule has 0 aliphatic rings. The molecule has 0 spiro atoms. The van der Waals surface area contributed by atoms with Crippen LogP contribution in [0.1, 0.15) is 0 Å². The smallest absolute Gasteiger partial charge is 0.421 e. The van der Waals surface area contributed by atoms with Gasteiger partial charge >= 0.3 is 11.9 Å². The Labute approximate surface area is 300 Å². The van der Waals surface area contributed by atoms with Gasteiger partial charge in [0.05, 0.1) is 78.6 Å². The predicted octanol–water partition coefficient (Wildman–Crippen LogP) is 3.93. The van der Waals surface area contributed by atoms with Crippen LogP contribution in [0.15, 0.2) is 93.8 Å². The van der Waals surface area contributed by atoms with Crippen molar-refractivity contribution < 1.29 is 43.4 Å². The molecule has 50 heavy (non-hydrogen) atoms. The molecule has 0 saturated heterocycles. The van der Waals surface area contributed by atoms with Crippen molar-refractivity contribution in [3.63, 3.8) is 0 Å². The summed E-state index contributed by atoms with van der Waals surface area (Å²) in [5, 5.41) is 24.7. The maximum atomic E-state index is 9.22. The average molecular weight is 773 g/mol. The molecule has 0 saturated carbocycles. The van der Waals surface area contributed by atoms with E-state index >= 15 is 0 Å². The summed E-state index contributed by atoms with van der Waals surface area (Å²) in [6, 6.07) is 16.0. The summed E-state index contributed by atoms with van der Waals surface area (Å²) in [5.74, 6) is 3.52. The minimum Gasteiger partial charge on any atom is -0.726 e. The van der Waals surface area contributed by atoms with Gasteiger partial charge in [0.1, 0.15) is 11.4 Å². The molecule has 0 bridgehead atoms. The number of benzene rings is 2. The van der Waals surface area contributed by atoms with Crippen LogP contribution >= 0.6 is 21.6 Å². The summed E-state index contributed by atoms with van der Waals surface area (Å²) < 4.78 is 69.8. The minimum absolute atomic E-state index is 0.788. The van der Waals surface area contributed by atoms with Gasteiger partial charge in [0.2, 0.25) is 20.8 Å². The van der Waals surface area contributed by atoms with E-state index in [1.165, 1.54) is 0 Å². The first-order valence-electron chi connectivity index (χ1n) is 14.4. The Hall–Kier alpha value is -3.90. The molecule has 4 rings (SSSR count). The molecule has 4 aromatic rings.